The van der Waals surface area contributed by atoms with Crippen molar-refractivity contribution in [1.82, 2.24) is 0 Å². The Morgan fingerprint density at radius 2 is 1.89 bits per heavy atom. The van der Waals surface area contributed by atoms with E-state index in [0.29, 0.717) is 6.04 Å². The van der Waals surface area contributed by atoms with Crippen LogP contribution in [0.25, 0.3) is 0 Å². The highest BCUT2D eigenvalue weighted by atomic mass is 16.5. The molecule has 19 heavy (non-hydrogen) atoms. The van der Waals surface area contributed by atoms with Crippen molar-refractivity contribution in [2.45, 2.75) is 26.3 Å². The number of aryl methyl sites for hydroxylation is 2. The summed E-state index contributed by atoms with van der Waals surface area (Å²) in [6.07, 6.45) is 1.05. The van der Waals surface area contributed by atoms with Crippen molar-refractivity contribution in [2.24, 2.45) is 0 Å². The number of benzene rings is 2. The maximum absolute atomic E-state index is 5.30. The molecular weight excluding hydrogens is 234 g/mol. The Labute approximate surface area is 114 Å². The predicted octanol–water partition coefficient (Wildman–Crippen LogP) is 4.02. The minimum absolute atomic E-state index is 0.353. The number of nitrogens with one attached hydrogen (secondary N) is 1. The van der Waals surface area contributed by atoms with Gasteiger partial charge in [-0.05, 0) is 60.7 Å². The van der Waals surface area contributed by atoms with Crippen LogP contribution in [0.1, 0.15) is 28.3 Å². The lowest BCUT2D eigenvalue weighted by atomic mass is 10.0. The van der Waals surface area contributed by atoms with Crippen molar-refractivity contribution in [3.05, 3.63) is 58.7 Å². The summed E-state index contributed by atoms with van der Waals surface area (Å²) in [7, 11) is 1.71. The molecule has 0 spiro atoms. The van der Waals surface area contributed by atoms with Gasteiger partial charge in [-0.25, -0.2) is 0 Å². The third-order valence-corrected chi connectivity index (χ3v) is 3.97. The maximum atomic E-state index is 5.30. The van der Waals surface area contributed by atoms with E-state index in [-0.39, 0.29) is 0 Å². The predicted molar refractivity (Wildman–Crippen MR) is 79.0 cm³/mol. The van der Waals surface area contributed by atoms with Gasteiger partial charge < -0.3 is 10.1 Å². The average molecular weight is 253 g/mol. The van der Waals surface area contributed by atoms with Crippen molar-refractivity contribution in [2.75, 3.05) is 12.4 Å². The first-order chi connectivity index (χ1) is 9.17. The third kappa shape index (κ3) is 2.19. The molecule has 1 N–H and O–H groups in total. The van der Waals surface area contributed by atoms with E-state index in [2.05, 4.69) is 49.5 Å². The molecule has 1 unspecified atom stereocenters. The largest absolute Gasteiger partial charge is 0.497 e. The molecule has 0 aliphatic carbocycles. The van der Waals surface area contributed by atoms with Crippen LogP contribution >= 0.6 is 0 Å². The minimum Gasteiger partial charge on any atom is -0.497 e. The van der Waals surface area contributed by atoms with Crippen LogP contribution in [-0.2, 0) is 6.42 Å². The summed E-state index contributed by atoms with van der Waals surface area (Å²) in [4.78, 5) is 0. The molecule has 1 atom stereocenters. The quantitative estimate of drug-likeness (QED) is 0.872. The first-order valence-electron chi connectivity index (χ1n) is 6.68. The van der Waals surface area contributed by atoms with Crippen LogP contribution < -0.4 is 10.1 Å². The Bertz CT molecular complexity index is 588. The van der Waals surface area contributed by atoms with E-state index in [0.717, 1.165) is 12.2 Å². The zero-order chi connectivity index (χ0) is 13.4. The van der Waals surface area contributed by atoms with Crippen molar-refractivity contribution in [3.8, 4) is 5.75 Å². The first kappa shape index (κ1) is 12.1. The van der Waals surface area contributed by atoms with Crippen molar-refractivity contribution >= 4 is 5.69 Å². The lowest BCUT2D eigenvalue weighted by Gasteiger charge is -2.12. The molecule has 0 aromatic heterocycles. The van der Waals surface area contributed by atoms with Crippen LogP contribution in [0.2, 0.25) is 0 Å². The zero-order valence-electron chi connectivity index (χ0n) is 11.7. The van der Waals surface area contributed by atoms with E-state index in [1.807, 2.05) is 6.07 Å². The second-order valence-corrected chi connectivity index (χ2v) is 5.27. The zero-order valence-corrected chi connectivity index (χ0v) is 11.7. The average Bonchev–Trinajstić information content (AvgIpc) is 2.82. The van der Waals surface area contributed by atoms with E-state index in [1.165, 1.54) is 27.9 Å². The molecule has 1 aliphatic rings. The van der Waals surface area contributed by atoms with Gasteiger partial charge in [-0.15, -0.1) is 0 Å². The molecular formula is C17H19NO. The second-order valence-electron chi connectivity index (χ2n) is 5.27. The van der Waals surface area contributed by atoms with Crippen LogP contribution in [0.5, 0.6) is 5.75 Å². The molecule has 2 aromatic rings. The van der Waals surface area contributed by atoms with Crippen LogP contribution in [0.15, 0.2) is 36.4 Å². The highest BCUT2D eigenvalue weighted by Crippen LogP contribution is 2.36. The number of hydrogen-bond donors (Lipinski definition) is 1. The summed E-state index contributed by atoms with van der Waals surface area (Å²) < 4.78 is 5.30. The summed E-state index contributed by atoms with van der Waals surface area (Å²) in [5.74, 6) is 0.919. The number of anilines is 1. The number of fused-ring (bicyclic) bond motifs is 1. The minimum atomic E-state index is 0.353. The fourth-order valence-corrected chi connectivity index (χ4v) is 2.70. The summed E-state index contributed by atoms with van der Waals surface area (Å²) in [6, 6.07) is 13.2. The van der Waals surface area contributed by atoms with E-state index >= 15 is 0 Å². The fraction of sp³-hybridized carbons (Fsp3) is 0.294. The second kappa shape index (κ2) is 4.61. The molecule has 0 amide bonds. The molecule has 0 bridgehead atoms. The smallest absolute Gasteiger partial charge is 0.119 e. The van der Waals surface area contributed by atoms with Gasteiger partial charge in [-0.2, -0.15) is 0 Å². The maximum Gasteiger partial charge on any atom is 0.119 e. The van der Waals surface area contributed by atoms with Gasteiger partial charge in [0.2, 0.25) is 0 Å². The molecule has 3 rings (SSSR count). The molecule has 2 aromatic carbocycles. The molecule has 2 nitrogen and oxygen atoms in total. The molecule has 0 saturated carbocycles. The van der Waals surface area contributed by atoms with E-state index < -0.39 is 0 Å². The molecule has 2 heteroatoms. The van der Waals surface area contributed by atoms with Gasteiger partial charge in [-0.3, -0.25) is 0 Å². The van der Waals surface area contributed by atoms with Gasteiger partial charge in [0, 0.05) is 5.69 Å². The lowest BCUT2D eigenvalue weighted by Crippen LogP contribution is -2.05. The lowest BCUT2D eigenvalue weighted by molar-refractivity contribution is 0.414. The topological polar surface area (TPSA) is 21.3 Å². The highest BCUT2D eigenvalue weighted by molar-refractivity contribution is 5.61. The molecule has 0 fully saturated rings. The Morgan fingerprint density at radius 3 is 2.68 bits per heavy atom. The number of methoxy groups -OCH3 is 1. The standard InChI is InChI=1S/C17H19NO/c1-11-7-14-10-17(18-16(14)8-12(11)2)13-5-4-6-15(9-13)19-3/h4-9,17-18H,10H2,1-3H3. The molecule has 98 valence electrons. The molecule has 1 aliphatic heterocycles. The van der Waals surface area contributed by atoms with Gasteiger partial charge in [0.1, 0.15) is 5.75 Å². The van der Waals surface area contributed by atoms with Gasteiger partial charge in [0.15, 0.2) is 0 Å². The van der Waals surface area contributed by atoms with Gasteiger partial charge in [-0.1, -0.05) is 18.2 Å². The van der Waals surface area contributed by atoms with Gasteiger partial charge in [0.05, 0.1) is 13.2 Å². The summed E-state index contributed by atoms with van der Waals surface area (Å²) in [5, 5.41) is 3.61. The first-order valence-corrected chi connectivity index (χ1v) is 6.68. The number of ether oxygens (including phenoxy) is 1. The molecule has 1 heterocycles. The Balaban J connectivity index is 1.90. The summed E-state index contributed by atoms with van der Waals surface area (Å²) in [5.41, 5.74) is 6.68. The van der Waals surface area contributed by atoms with E-state index in [4.69, 9.17) is 4.74 Å². The monoisotopic (exact) mass is 253 g/mol. The van der Waals surface area contributed by atoms with Crippen molar-refractivity contribution < 1.29 is 4.74 Å². The summed E-state index contributed by atoms with van der Waals surface area (Å²) in [6.45, 7) is 4.34. The Morgan fingerprint density at radius 1 is 1.11 bits per heavy atom. The van der Waals surface area contributed by atoms with Crippen LogP contribution in [0.3, 0.4) is 0 Å². The van der Waals surface area contributed by atoms with Crippen LogP contribution in [-0.4, -0.2) is 7.11 Å². The molecule has 0 radical (unpaired) electrons. The van der Waals surface area contributed by atoms with Gasteiger partial charge >= 0.3 is 0 Å². The fourth-order valence-electron chi connectivity index (χ4n) is 2.70. The highest BCUT2D eigenvalue weighted by Gasteiger charge is 2.22. The SMILES string of the molecule is COc1cccc(C2Cc3cc(C)c(C)cc3N2)c1. The normalized spacial score (nSPS) is 16.9. The third-order valence-electron chi connectivity index (χ3n) is 3.97. The van der Waals surface area contributed by atoms with Crippen molar-refractivity contribution in [1.29, 1.82) is 0 Å². The molecule has 0 saturated heterocycles. The number of hydrogen-bond acceptors (Lipinski definition) is 2. The Hall–Kier alpha value is -1.96. The summed E-state index contributed by atoms with van der Waals surface area (Å²) >= 11 is 0. The Kier molecular flexibility index (Phi) is 2.94. The van der Waals surface area contributed by atoms with E-state index in [1.54, 1.807) is 7.11 Å². The number of rotatable bonds is 2. The van der Waals surface area contributed by atoms with Crippen molar-refractivity contribution in [3.63, 3.8) is 0 Å². The van der Waals surface area contributed by atoms with E-state index in [9.17, 15) is 0 Å². The van der Waals surface area contributed by atoms with Gasteiger partial charge in [0.25, 0.3) is 0 Å². The van der Waals surface area contributed by atoms with Crippen LogP contribution in [0.4, 0.5) is 5.69 Å². The van der Waals surface area contributed by atoms with Crippen LogP contribution in [0, 0.1) is 13.8 Å².